The highest BCUT2D eigenvalue weighted by atomic mass is 16.5. The van der Waals surface area contributed by atoms with Gasteiger partial charge in [0, 0.05) is 19.1 Å². The van der Waals surface area contributed by atoms with Crippen molar-refractivity contribution in [3.63, 3.8) is 0 Å². The van der Waals surface area contributed by atoms with Gasteiger partial charge in [0.25, 0.3) is 0 Å². The Labute approximate surface area is 115 Å². The molecule has 0 saturated heterocycles. The second-order valence-electron chi connectivity index (χ2n) is 5.16. The Balaban J connectivity index is 2.27. The van der Waals surface area contributed by atoms with Crippen molar-refractivity contribution in [2.75, 3.05) is 24.5 Å². The highest BCUT2D eigenvalue weighted by Crippen LogP contribution is 2.31. The lowest BCUT2D eigenvalue weighted by molar-refractivity contribution is 0.414. The van der Waals surface area contributed by atoms with Crippen molar-refractivity contribution in [2.24, 2.45) is 0 Å². The largest absolute Gasteiger partial charge is 0.340 e. The highest BCUT2D eigenvalue weighted by molar-refractivity contribution is 5.76. The molecule has 0 amide bonds. The molecule has 0 spiro atoms. The lowest BCUT2D eigenvalue weighted by Crippen LogP contribution is -2.32. The number of rotatable bonds is 6. The molecular formula is C15H25N3O. The third-order valence-electron chi connectivity index (χ3n) is 3.56. The maximum atomic E-state index is 5.54. The van der Waals surface area contributed by atoms with Crippen LogP contribution in [0.1, 0.15) is 45.6 Å². The van der Waals surface area contributed by atoms with Crippen LogP contribution in [0.5, 0.6) is 0 Å². The van der Waals surface area contributed by atoms with E-state index in [1.54, 1.807) is 0 Å². The average molecular weight is 263 g/mol. The van der Waals surface area contributed by atoms with Gasteiger partial charge in [-0.25, -0.2) is 0 Å². The van der Waals surface area contributed by atoms with Gasteiger partial charge in [0.1, 0.15) is 0 Å². The molecule has 0 aliphatic carbocycles. The fourth-order valence-electron chi connectivity index (χ4n) is 2.67. The molecule has 1 unspecified atom stereocenters. The predicted molar refractivity (Wildman–Crippen MR) is 79.4 cm³/mol. The van der Waals surface area contributed by atoms with E-state index in [4.69, 9.17) is 4.52 Å². The summed E-state index contributed by atoms with van der Waals surface area (Å²) in [6.45, 7) is 9.69. The monoisotopic (exact) mass is 263 g/mol. The third-order valence-corrected chi connectivity index (χ3v) is 3.56. The Morgan fingerprint density at radius 3 is 2.74 bits per heavy atom. The molecule has 0 fully saturated rings. The first-order valence-corrected chi connectivity index (χ1v) is 7.41. The summed E-state index contributed by atoms with van der Waals surface area (Å²) < 4.78 is 5.54. The molecule has 0 saturated carbocycles. The fraction of sp³-hybridized carbons (Fsp3) is 0.667. The Bertz CT molecular complexity index is 419. The van der Waals surface area contributed by atoms with Gasteiger partial charge in [0.2, 0.25) is 5.88 Å². The first-order valence-electron chi connectivity index (χ1n) is 7.41. The molecule has 1 aliphatic rings. The van der Waals surface area contributed by atoms with Crippen LogP contribution in [0.2, 0.25) is 0 Å². The number of hydrogen-bond donors (Lipinski definition) is 1. The van der Waals surface area contributed by atoms with Crippen LogP contribution in [0.15, 0.2) is 16.8 Å². The summed E-state index contributed by atoms with van der Waals surface area (Å²) >= 11 is 0. The lowest BCUT2D eigenvalue weighted by Gasteiger charge is -2.25. The summed E-state index contributed by atoms with van der Waals surface area (Å²) in [5.41, 5.74) is 2.47. The minimum atomic E-state index is 0.372. The van der Waals surface area contributed by atoms with E-state index in [9.17, 15) is 0 Å². The van der Waals surface area contributed by atoms with Crippen molar-refractivity contribution in [3.8, 4) is 0 Å². The van der Waals surface area contributed by atoms with Crippen molar-refractivity contribution < 1.29 is 4.52 Å². The smallest absolute Gasteiger partial charge is 0.234 e. The molecule has 106 valence electrons. The Hall–Kier alpha value is -1.29. The zero-order valence-corrected chi connectivity index (χ0v) is 12.3. The van der Waals surface area contributed by atoms with Crippen molar-refractivity contribution in [3.05, 3.63) is 17.8 Å². The van der Waals surface area contributed by atoms with Crippen LogP contribution in [-0.2, 0) is 0 Å². The summed E-state index contributed by atoms with van der Waals surface area (Å²) in [5, 5.41) is 7.53. The molecular weight excluding hydrogens is 238 g/mol. The van der Waals surface area contributed by atoms with Gasteiger partial charge in [-0.1, -0.05) is 25.1 Å². The van der Waals surface area contributed by atoms with Gasteiger partial charge in [-0.15, -0.1) is 0 Å². The highest BCUT2D eigenvalue weighted by Gasteiger charge is 2.22. The Kier molecular flexibility index (Phi) is 5.02. The molecule has 1 aromatic heterocycles. The van der Waals surface area contributed by atoms with E-state index in [2.05, 4.69) is 42.2 Å². The van der Waals surface area contributed by atoms with E-state index >= 15 is 0 Å². The molecule has 0 bridgehead atoms. The van der Waals surface area contributed by atoms with Crippen molar-refractivity contribution in [2.45, 2.75) is 46.1 Å². The summed E-state index contributed by atoms with van der Waals surface area (Å²) in [5.74, 6) is 0.936. The van der Waals surface area contributed by atoms with Crippen LogP contribution in [0.3, 0.4) is 0 Å². The average Bonchev–Trinajstić information content (AvgIpc) is 2.88. The molecule has 19 heavy (non-hydrogen) atoms. The van der Waals surface area contributed by atoms with Gasteiger partial charge in [-0.2, -0.15) is 0 Å². The Morgan fingerprint density at radius 1 is 1.37 bits per heavy atom. The maximum absolute atomic E-state index is 5.54. The summed E-state index contributed by atoms with van der Waals surface area (Å²) in [7, 11) is 0. The van der Waals surface area contributed by atoms with Crippen LogP contribution in [0, 0.1) is 0 Å². The van der Waals surface area contributed by atoms with E-state index in [0.29, 0.717) is 6.04 Å². The zero-order valence-electron chi connectivity index (χ0n) is 12.3. The van der Waals surface area contributed by atoms with Crippen LogP contribution in [-0.4, -0.2) is 30.8 Å². The third kappa shape index (κ3) is 3.18. The Morgan fingerprint density at radius 2 is 2.11 bits per heavy atom. The predicted octanol–water partition coefficient (Wildman–Crippen LogP) is 3.07. The van der Waals surface area contributed by atoms with Gasteiger partial charge in [-0.3, -0.25) is 0 Å². The van der Waals surface area contributed by atoms with Gasteiger partial charge in [-0.05, 0) is 38.3 Å². The number of anilines is 1. The van der Waals surface area contributed by atoms with Gasteiger partial charge < -0.3 is 14.7 Å². The van der Waals surface area contributed by atoms with E-state index in [0.717, 1.165) is 50.3 Å². The summed E-state index contributed by atoms with van der Waals surface area (Å²) in [6.07, 6.45) is 7.49. The van der Waals surface area contributed by atoms with Crippen LogP contribution >= 0.6 is 0 Å². The molecule has 1 N–H and O–H groups in total. The standard InChI is InChI=1S/C15H25N3O/c1-4-9-18(10-5-2)15-14(11-17-19-15)13-7-6-8-16-12(13)3/h7,11-12,16H,4-6,8-10H2,1-3H3. The van der Waals surface area contributed by atoms with Gasteiger partial charge >= 0.3 is 0 Å². The maximum Gasteiger partial charge on any atom is 0.234 e. The quantitative estimate of drug-likeness (QED) is 0.856. The summed E-state index contributed by atoms with van der Waals surface area (Å²) in [4.78, 5) is 2.31. The molecule has 1 aliphatic heterocycles. The van der Waals surface area contributed by atoms with E-state index < -0.39 is 0 Å². The molecule has 4 nitrogen and oxygen atoms in total. The van der Waals surface area contributed by atoms with Crippen molar-refractivity contribution >= 4 is 11.5 Å². The van der Waals surface area contributed by atoms with E-state index in [1.807, 2.05) is 6.20 Å². The minimum Gasteiger partial charge on any atom is -0.340 e. The first-order chi connectivity index (χ1) is 9.27. The fourth-order valence-corrected chi connectivity index (χ4v) is 2.67. The summed E-state index contributed by atoms with van der Waals surface area (Å²) in [6, 6.07) is 0.372. The second kappa shape index (κ2) is 6.75. The number of nitrogens with one attached hydrogen (secondary N) is 1. The molecule has 2 rings (SSSR count). The zero-order chi connectivity index (χ0) is 13.7. The van der Waals surface area contributed by atoms with Crippen LogP contribution in [0.4, 0.5) is 5.88 Å². The van der Waals surface area contributed by atoms with E-state index in [-0.39, 0.29) is 0 Å². The van der Waals surface area contributed by atoms with Crippen LogP contribution < -0.4 is 10.2 Å². The second-order valence-corrected chi connectivity index (χ2v) is 5.16. The number of nitrogens with zero attached hydrogens (tertiary/aromatic N) is 2. The SMILES string of the molecule is CCCN(CCC)c1oncc1C1=CCCNC1C. The molecule has 0 aromatic carbocycles. The number of hydrogen-bond acceptors (Lipinski definition) is 4. The number of aromatic nitrogens is 1. The van der Waals surface area contributed by atoms with Crippen molar-refractivity contribution in [1.29, 1.82) is 0 Å². The lowest BCUT2D eigenvalue weighted by atomic mass is 9.97. The van der Waals surface area contributed by atoms with Crippen LogP contribution in [0.25, 0.3) is 5.57 Å². The molecule has 1 aromatic rings. The van der Waals surface area contributed by atoms with Gasteiger partial charge in [0.05, 0.1) is 11.8 Å². The van der Waals surface area contributed by atoms with Crippen molar-refractivity contribution in [1.82, 2.24) is 10.5 Å². The molecule has 1 atom stereocenters. The molecule has 0 radical (unpaired) electrons. The first kappa shape index (κ1) is 14.1. The normalized spacial score (nSPS) is 19.3. The molecule has 2 heterocycles. The topological polar surface area (TPSA) is 41.3 Å². The van der Waals surface area contributed by atoms with Gasteiger partial charge in [0.15, 0.2) is 0 Å². The molecule has 4 heteroatoms. The van der Waals surface area contributed by atoms with E-state index in [1.165, 1.54) is 5.57 Å². The minimum absolute atomic E-state index is 0.372.